The summed E-state index contributed by atoms with van der Waals surface area (Å²) in [5.41, 5.74) is 0. The van der Waals surface area contributed by atoms with Crippen LogP contribution in [-0.4, -0.2) is 5.75 Å². The van der Waals surface area contributed by atoms with Gasteiger partial charge >= 0.3 is 0 Å². The van der Waals surface area contributed by atoms with E-state index in [-0.39, 0.29) is 0 Å². The summed E-state index contributed by atoms with van der Waals surface area (Å²) in [5, 5.41) is 0. The van der Waals surface area contributed by atoms with Crippen molar-refractivity contribution in [3.8, 4) is 12.3 Å². The number of thiol groups is 1. The first-order valence-electron chi connectivity index (χ1n) is 1.88. The Balaban J connectivity index is 3.04. The molecule has 0 aromatic rings. The third kappa shape index (κ3) is 2.17. The number of hydrogen-bond donors (Lipinski definition) is 1. The average molecular weight is 100 g/mol. The van der Waals surface area contributed by atoms with E-state index >= 15 is 0 Å². The molecule has 0 N–H and O–H groups in total. The minimum atomic E-state index is 0.327. The lowest BCUT2D eigenvalue weighted by Gasteiger charge is -1.90. The van der Waals surface area contributed by atoms with Crippen molar-refractivity contribution in [1.29, 1.82) is 0 Å². The molecule has 1 heteroatoms. The minimum Gasteiger partial charge on any atom is -0.178 e. The summed E-state index contributed by atoms with van der Waals surface area (Å²) in [6.07, 6.45) is 4.98. The molecule has 0 saturated carbocycles. The third-order valence-corrected chi connectivity index (χ3v) is 1.11. The molecule has 0 aromatic carbocycles. The highest BCUT2D eigenvalue weighted by Crippen LogP contribution is 1.91. The molecule has 1 atom stereocenters. The van der Waals surface area contributed by atoms with Crippen LogP contribution in [0.2, 0.25) is 0 Å². The van der Waals surface area contributed by atoms with Crippen LogP contribution in [0.15, 0.2) is 0 Å². The Kier molecular flexibility index (Phi) is 3.07. The van der Waals surface area contributed by atoms with Crippen LogP contribution in [0, 0.1) is 18.3 Å². The van der Waals surface area contributed by atoms with Gasteiger partial charge < -0.3 is 0 Å². The maximum Gasteiger partial charge on any atom is 0.0260 e. The number of rotatable bonds is 1. The highest BCUT2D eigenvalue weighted by atomic mass is 32.1. The zero-order valence-electron chi connectivity index (χ0n) is 3.81. The standard InChI is InChI=1S/C5H8S/c1-3-5(2)4-6/h1,5-6H,4H2,2H3. The maximum atomic E-state index is 4.98. The Morgan fingerprint density at radius 2 is 2.50 bits per heavy atom. The van der Waals surface area contributed by atoms with Crippen molar-refractivity contribution in [2.75, 3.05) is 5.75 Å². The van der Waals surface area contributed by atoms with Crippen LogP contribution in [0.3, 0.4) is 0 Å². The number of hydrogen-bond acceptors (Lipinski definition) is 1. The van der Waals surface area contributed by atoms with Crippen LogP contribution in [0.1, 0.15) is 6.92 Å². The second-order valence-corrected chi connectivity index (χ2v) is 1.62. The van der Waals surface area contributed by atoms with E-state index in [1.807, 2.05) is 6.92 Å². The Hall–Kier alpha value is -0.0900. The molecule has 0 radical (unpaired) electrons. The van der Waals surface area contributed by atoms with Crippen molar-refractivity contribution in [3.63, 3.8) is 0 Å². The summed E-state index contributed by atoms with van der Waals surface area (Å²) in [5.74, 6) is 3.65. The van der Waals surface area contributed by atoms with Gasteiger partial charge in [0.2, 0.25) is 0 Å². The Morgan fingerprint density at radius 1 is 2.00 bits per heavy atom. The summed E-state index contributed by atoms with van der Waals surface area (Å²) in [7, 11) is 0. The van der Waals surface area contributed by atoms with Gasteiger partial charge in [-0.05, 0) is 0 Å². The molecular weight excluding hydrogens is 92.1 g/mol. The predicted octanol–water partition coefficient (Wildman–Crippen LogP) is 1.19. The van der Waals surface area contributed by atoms with Gasteiger partial charge in [0.15, 0.2) is 0 Å². The Bertz CT molecular complexity index is 60.8. The molecule has 0 aliphatic carbocycles. The molecule has 0 aliphatic rings. The molecule has 0 nitrogen and oxygen atoms in total. The van der Waals surface area contributed by atoms with E-state index in [0.29, 0.717) is 5.92 Å². The van der Waals surface area contributed by atoms with E-state index in [1.54, 1.807) is 0 Å². The SMILES string of the molecule is C#CC(C)CS. The molecule has 34 valence electrons. The molecule has 1 unspecified atom stereocenters. The van der Waals surface area contributed by atoms with Crippen LogP contribution >= 0.6 is 12.6 Å². The van der Waals surface area contributed by atoms with Gasteiger partial charge in [-0.2, -0.15) is 12.6 Å². The van der Waals surface area contributed by atoms with Crippen molar-refractivity contribution in [3.05, 3.63) is 0 Å². The fraction of sp³-hybridized carbons (Fsp3) is 0.600. The normalized spacial score (nSPS) is 12.8. The van der Waals surface area contributed by atoms with E-state index < -0.39 is 0 Å². The average Bonchev–Trinajstić information content (AvgIpc) is 1.65. The summed E-state index contributed by atoms with van der Waals surface area (Å²) >= 11 is 3.95. The molecule has 0 amide bonds. The van der Waals surface area contributed by atoms with Gasteiger partial charge in [-0.3, -0.25) is 0 Å². The van der Waals surface area contributed by atoms with Crippen LogP contribution < -0.4 is 0 Å². The summed E-state index contributed by atoms with van der Waals surface area (Å²) in [4.78, 5) is 0. The van der Waals surface area contributed by atoms with Crippen molar-refractivity contribution >= 4 is 12.6 Å². The Morgan fingerprint density at radius 3 is 2.50 bits per heavy atom. The van der Waals surface area contributed by atoms with E-state index in [1.165, 1.54) is 0 Å². The molecule has 0 saturated heterocycles. The third-order valence-electron chi connectivity index (χ3n) is 0.558. The quantitative estimate of drug-likeness (QED) is 0.371. The van der Waals surface area contributed by atoms with E-state index in [4.69, 9.17) is 6.42 Å². The van der Waals surface area contributed by atoms with Gasteiger partial charge in [-0.1, -0.05) is 6.92 Å². The molecule has 0 fully saturated rings. The fourth-order valence-corrected chi connectivity index (χ4v) is 0.158. The van der Waals surface area contributed by atoms with Crippen LogP contribution in [0.25, 0.3) is 0 Å². The second-order valence-electron chi connectivity index (χ2n) is 1.25. The van der Waals surface area contributed by atoms with Gasteiger partial charge in [0, 0.05) is 11.7 Å². The van der Waals surface area contributed by atoms with E-state index in [9.17, 15) is 0 Å². The Labute approximate surface area is 44.4 Å². The molecule has 6 heavy (non-hydrogen) atoms. The van der Waals surface area contributed by atoms with Gasteiger partial charge in [0.1, 0.15) is 0 Å². The largest absolute Gasteiger partial charge is 0.178 e. The van der Waals surface area contributed by atoms with E-state index in [2.05, 4.69) is 18.5 Å². The molecule has 0 heterocycles. The summed E-state index contributed by atoms with van der Waals surface area (Å²) in [6, 6.07) is 0. The van der Waals surface area contributed by atoms with Crippen molar-refractivity contribution in [2.45, 2.75) is 6.92 Å². The fourth-order valence-electron chi connectivity index (χ4n) is 0.0527. The molecule has 0 aliphatic heterocycles. The van der Waals surface area contributed by atoms with Gasteiger partial charge in [0.05, 0.1) is 0 Å². The van der Waals surface area contributed by atoms with Crippen LogP contribution in [0.4, 0.5) is 0 Å². The first kappa shape index (κ1) is 5.91. The smallest absolute Gasteiger partial charge is 0.0260 e. The molecule has 0 spiro atoms. The molecule has 0 aromatic heterocycles. The monoisotopic (exact) mass is 100 g/mol. The lowest BCUT2D eigenvalue weighted by atomic mass is 10.2. The van der Waals surface area contributed by atoms with Gasteiger partial charge in [-0.15, -0.1) is 12.3 Å². The molecule has 0 rings (SSSR count). The lowest BCUT2D eigenvalue weighted by molar-refractivity contribution is 0.887. The van der Waals surface area contributed by atoms with Crippen LogP contribution in [0.5, 0.6) is 0 Å². The van der Waals surface area contributed by atoms with E-state index in [0.717, 1.165) is 5.75 Å². The summed E-state index contributed by atoms with van der Waals surface area (Å²) in [6.45, 7) is 1.97. The molecular formula is C5H8S. The zero-order valence-corrected chi connectivity index (χ0v) is 4.70. The topological polar surface area (TPSA) is 0 Å². The highest BCUT2D eigenvalue weighted by molar-refractivity contribution is 7.80. The molecule has 0 bridgehead atoms. The van der Waals surface area contributed by atoms with Gasteiger partial charge in [0.25, 0.3) is 0 Å². The summed E-state index contributed by atoms with van der Waals surface area (Å²) < 4.78 is 0. The first-order valence-corrected chi connectivity index (χ1v) is 2.51. The first-order chi connectivity index (χ1) is 2.81. The second kappa shape index (κ2) is 3.11. The predicted molar refractivity (Wildman–Crippen MR) is 31.8 cm³/mol. The highest BCUT2D eigenvalue weighted by Gasteiger charge is 1.85. The minimum absolute atomic E-state index is 0.327. The maximum absolute atomic E-state index is 4.98. The van der Waals surface area contributed by atoms with Gasteiger partial charge in [-0.25, -0.2) is 0 Å². The van der Waals surface area contributed by atoms with Crippen molar-refractivity contribution in [2.24, 2.45) is 5.92 Å². The number of terminal acetylenes is 1. The van der Waals surface area contributed by atoms with Crippen LogP contribution in [-0.2, 0) is 0 Å². The van der Waals surface area contributed by atoms with Crippen molar-refractivity contribution in [1.82, 2.24) is 0 Å². The lowest BCUT2D eigenvalue weighted by Crippen LogP contribution is -1.87. The van der Waals surface area contributed by atoms with Crippen molar-refractivity contribution < 1.29 is 0 Å². The zero-order chi connectivity index (χ0) is 4.99.